The Morgan fingerprint density at radius 3 is 1.93 bits per heavy atom. The number of rotatable bonds is 5. The van der Waals surface area contributed by atoms with Crippen LogP contribution in [-0.4, -0.2) is 25.3 Å². The fourth-order valence-electron chi connectivity index (χ4n) is 1.68. The van der Waals surface area contributed by atoms with Gasteiger partial charge in [0.2, 0.25) is 0 Å². The second-order valence-electron chi connectivity index (χ2n) is 6.31. The molecular weight excluding hydrogens is 186 g/mol. The van der Waals surface area contributed by atoms with Crippen molar-refractivity contribution in [3.63, 3.8) is 0 Å². The van der Waals surface area contributed by atoms with Gasteiger partial charge in [0.25, 0.3) is 0 Å². The van der Waals surface area contributed by atoms with Crippen molar-refractivity contribution < 1.29 is 4.74 Å². The van der Waals surface area contributed by atoms with Gasteiger partial charge in [-0.3, -0.25) is 0 Å². The van der Waals surface area contributed by atoms with Gasteiger partial charge in [0, 0.05) is 12.6 Å². The largest absolute Gasteiger partial charge is 0.376 e. The summed E-state index contributed by atoms with van der Waals surface area (Å²) in [4.78, 5) is 0. The van der Waals surface area contributed by atoms with Crippen LogP contribution in [0.1, 0.15) is 54.4 Å². The number of hydrogen-bond acceptors (Lipinski definition) is 2. The summed E-state index contributed by atoms with van der Waals surface area (Å²) < 4.78 is 5.71. The number of hydrogen-bond donors (Lipinski definition) is 1. The van der Waals surface area contributed by atoms with Gasteiger partial charge in [0.15, 0.2) is 0 Å². The monoisotopic (exact) mass is 215 g/mol. The van der Waals surface area contributed by atoms with Crippen molar-refractivity contribution in [2.45, 2.75) is 66.0 Å². The van der Waals surface area contributed by atoms with E-state index in [0.717, 1.165) is 13.0 Å². The van der Waals surface area contributed by atoms with Gasteiger partial charge in [-0.05, 0) is 46.1 Å². The molecule has 92 valence electrons. The third kappa shape index (κ3) is 7.80. The maximum Gasteiger partial charge on any atom is 0.0598 e. The van der Waals surface area contributed by atoms with Crippen LogP contribution in [0.5, 0.6) is 0 Å². The van der Waals surface area contributed by atoms with Gasteiger partial charge < -0.3 is 10.1 Å². The summed E-state index contributed by atoms with van der Waals surface area (Å²) in [7, 11) is 2.04. The summed E-state index contributed by atoms with van der Waals surface area (Å²) in [6, 6.07) is 0.570. The van der Waals surface area contributed by atoms with Crippen molar-refractivity contribution in [3.8, 4) is 0 Å². The lowest BCUT2D eigenvalue weighted by molar-refractivity contribution is -0.00638. The molecule has 0 aromatic rings. The first-order valence-electron chi connectivity index (χ1n) is 5.98. The summed E-state index contributed by atoms with van der Waals surface area (Å²) in [5.41, 5.74) is 0.327. The predicted octanol–water partition coefficient (Wildman–Crippen LogP) is 3.22. The zero-order valence-corrected chi connectivity index (χ0v) is 11.6. The molecule has 0 aliphatic carbocycles. The summed E-state index contributed by atoms with van der Waals surface area (Å²) in [5, 5.41) is 3.38. The zero-order chi connectivity index (χ0) is 12.1. The minimum absolute atomic E-state index is 0.00310. The van der Waals surface area contributed by atoms with Crippen LogP contribution in [0.25, 0.3) is 0 Å². The van der Waals surface area contributed by atoms with E-state index < -0.39 is 0 Å². The first kappa shape index (κ1) is 14.9. The highest BCUT2D eigenvalue weighted by Gasteiger charge is 2.22. The molecule has 0 aromatic heterocycles. The van der Waals surface area contributed by atoms with E-state index in [0.29, 0.717) is 11.5 Å². The highest BCUT2D eigenvalue weighted by Crippen LogP contribution is 2.22. The van der Waals surface area contributed by atoms with Gasteiger partial charge in [-0.1, -0.05) is 20.8 Å². The smallest absolute Gasteiger partial charge is 0.0598 e. The van der Waals surface area contributed by atoms with Crippen LogP contribution in [0.15, 0.2) is 0 Å². The topological polar surface area (TPSA) is 21.3 Å². The SMILES string of the molecule is CNC(CCCOC(C)(C)C)C(C)(C)C. The summed E-state index contributed by atoms with van der Waals surface area (Å²) >= 11 is 0. The van der Waals surface area contributed by atoms with Gasteiger partial charge >= 0.3 is 0 Å². The molecule has 1 N–H and O–H groups in total. The van der Waals surface area contributed by atoms with Crippen molar-refractivity contribution in [2.24, 2.45) is 5.41 Å². The lowest BCUT2D eigenvalue weighted by atomic mass is 9.84. The van der Waals surface area contributed by atoms with E-state index in [4.69, 9.17) is 4.74 Å². The molecule has 0 saturated carbocycles. The Hall–Kier alpha value is -0.0800. The van der Waals surface area contributed by atoms with E-state index in [1.807, 2.05) is 7.05 Å². The Labute approximate surface area is 95.8 Å². The molecule has 0 spiro atoms. The molecule has 0 rings (SSSR count). The van der Waals surface area contributed by atoms with Crippen LogP contribution in [-0.2, 0) is 4.74 Å². The standard InChI is InChI=1S/C13H29NO/c1-12(2,3)11(14-7)9-8-10-15-13(4,5)6/h11,14H,8-10H2,1-7H3. The van der Waals surface area contributed by atoms with Gasteiger partial charge in [-0.15, -0.1) is 0 Å². The van der Waals surface area contributed by atoms with Crippen LogP contribution < -0.4 is 5.32 Å². The molecule has 0 bridgehead atoms. The van der Waals surface area contributed by atoms with Crippen molar-refractivity contribution in [3.05, 3.63) is 0 Å². The third-order valence-corrected chi connectivity index (χ3v) is 2.57. The van der Waals surface area contributed by atoms with Crippen molar-refractivity contribution in [1.29, 1.82) is 0 Å². The van der Waals surface area contributed by atoms with E-state index in [1.54, 1.807) is 0 Å². The molecule has 0 saturated heterocycles. The van der Waals surface area contributed by atoms with Crippen LogP contribution in [0.2, 0.25) is 0 Å². The maximum absolute atomic E-state index is 5.71. The molecular formula is C13H29NO. The number of ether oxygens (including phenoxy) is 1. The normalized spacial score (nSPS) is 15.4. The zero-order valence-electron chi connectivity index (χ0n) is 11.6. The lowest BCUT2D eigenvalue weighted by Crippen LogP contribution is -2.38. The Morgan fingerprint density at radius 2 is 1.60 bits per heavy atom. The van der Waals surface area contributed by atoms with Crippen LogP contribution >= 0.6 is 0 Å². The van der Waals surface area contributed by atoms with Gasteiger partial charge in [-0.25, -0.2) is 0 Å². The molecule has 2 nitrogen and oxygen atoms in total. The highest BCUT2D eigenvalue weighted by molar-refractivity contribution is 4.78. The molecule has 0 amide bonds. The quantitative estimate of drug-likeness (QED) is 0.711. The van der Waals surface area contributed by atoms with E-state index in [-0.39, 0.29) is 5.60 Å². The summed E-state index contributed by atoms with van der Waals surface area (Å²) in [5.74, 6) is 0. The summed E-state index contributed by atoms with van der Waals surface area (Å²) in [6.45, 7) is 14.0. The minimum atomic E-state index is -0.00310. The molecule has 0 radical (unpaired) electrons. The van der Waals surface area contributed by atoms with Crippen LogP contribution in [0.3, 0.4) is 0 Å². The second kappa shape index (κ2) is 5.86. The molecule has 2 heteroatoms. The van der Waals surface area contributed by atoms with E-state index in [1.165, 1.54) is 6.42 Å². The maximum atomic E-state index is 5.71. The molecule has 0 aliphatic heterocycles. The highest BCUT2D eigenvalue weighted by atomic mass is 16.5. The van der Waals surface area contributed by atoms with E-state index in [2.05, 4.69) is 46.9 Å². The van der Waals surface area contributed by atoms with Gasteiger partial charge in [0.1, 0.15) is 0 Å². The molecule has 0 aliphatic rings. The first-order valence-corrected chi connectivity index (χ1v) is 5.98. The Bertz CT molecular complexity index is 164. The van der Waals surface area contributed by atoms with Crippen LogP contribution in [0, 0.1) is 5.41 Å². The van der Waals surface area contributed by atoms with Crippen molar-refractivity contribution >= 4 is 0 Å². The van der Waals surface area contributed by atoms with Crippen molar-refractivity contribution in [1.82, 2.24) is 5.32 Å². The second-order valence-corrected chi connectivity index (χ2v) is 6.31. The predicted molar refractivity (Wildman–Crippen MR) is 67.2 cm³/mol. The average Bonchev–Trinajstić information content (AvgIpc) is 1.99. The molecule has 0 heterocycles. The fraction of sp³-hybridized carbons (Fsp3) is 1.00. The Morgan fingerprint density at radius 1 is 1.07 bits per heavy atom. The summed E-state index contributed by atoms with van der Waals surface area (Å²) in [6.07, 6.45) is 2.30. The first-order chi connectivity index (χ1) is 6.67. The third-order valence-electron chi connectivity index (χ3n) is 2.57. The number of nitrogens with one attached hydrogen (secondary N) is 1. The molecule has 0 fully saturated rings. The molecule has 15 heavy (non-hydrogen) atoms. The van der Waals surface area contributed by atoms with E-state index >= 15 is 0 Å². The lowest BCUT2D eigenvalue weighted by Gasteiger charge is -2.30. The Kier molecular flexibility index (Phi) is 5.82. The van der Waals surface area contributed by atoms with Gasteiger partial charge in [0.05, 0.1) is 5.60 Å². The molecule has 1 atom stereocenters. The van der Waals surface area contributed by atoms with Crippen molar-refractivity contribution in [2.75, 3.05) is 13.7 Å². The van der Waals surface area contributed by atoms with Crippen LogP contribution in [0.4, 0.5) is 0 Å². The average molecular weight is 215 g/mol. The fourth-order valence-corrected chi connectivity index (χ4v) is 1.68. The Balaban J connectivity index is 3.75. The van der Waals surface area contributed by atoms with E-state index in [9.17, 15) is 0 Å². The molecule has 0 aromatic carbocycles. The molecule has 1 unspecified atom stereocenters. The van der Waals surface area contributed by atoms with Gasteiger partial charge in [-0.2, -0.15) is 0 Å². The minimum Gasteiger partial charge on any atom is -0.376 e.